The molecule has 17 heteroatoms. The maximum atomic E-state index is 15.1. The van der Waals surface area contributed by atoms with Gasteiger partial charge in [0.2, 0.25) is 0 Å². The molecule has 0 unspecified atom stereocenters. The third-order valence-corrected chi connectivity index (χ3v) is 14.4. The zero-order valence-corrected chi connectivity index (χ0v) is 43.0. The van der Waals surface area contributed by atoms with Crippen LogP contribution in [0.4, 0.5) is 48.6 Å². The molecule has 3 N–H and O–H groups in total. The summed E-state index contributed by atoms with van der Waals surface area (Å²) in [7, 11) is 0. The van der Waals surface area contributed by atoms with Crippen molar-refractivity contribution in [2.45, 2.75) is 13.8 Å². The second-order valence-electron chi connectivity index (χ2n) is 18.6. The van der Waals surface area contributed by atoms with Gasteiger partial charge in [0, 0.05) is 110 Å². The van der Waals surface area contributed by atoms with Crippen LogP contribution in [0.1, 0.15) is 11.1 Å². The van der Waals surface area contributed by atoms with Crippen molar-refractivity contribution >= 4 is 73.2 Å². The minimum Gasteiger partial charge on any atom is -0.397 e. The van der Waals surface area contributed by atoms with Crippen molar-refractivity contribution in [1.29, 1.82) is 0 Å². The summed E-state index contributed by atoms with van der Waals surface area (Å²) in [6.45, 7) is 16.9. The van der Waals surface area contributed by atoms with Gasteiger partial charge in [0.05, 0.1) is 97.7 Å². The molecule has 0 amide bonds. The van der Waals surface area contributed by atoms with Gasteiger partial charge in [-0.1, -0.05) is 35.9 Å². The number of nitrogens with one attached hydrogen (secondary N) is 1. The Morgan fingerprint density at radius 3 is 1.48 bits per heavy atom. The number of hydrogen-bond donors (Lipinski definition) is 2. The Labute approximate surface area is 441 Å². The van der Waals surface area contributed by atoms with E-state index in [-0.39, 0.29) is 17.2 Å². The molecule has 4 saturated heterocycles. The molecule has 0 radical (unpaired) electrons. The van der Waals surface area contributed by atoms with E-state index < -0.39 is 0 Å². The van der Waals surface area contributed by atoms with Gasteiger partial charge in [-0.2, -0.15) is 0 Å². The Bertz CT molecular complexity index is 3230. The summed E-state index contributed by atoms with van der Waals surface area (Å²) in [4.78, 5) is 26.8. The summed E-state index contributed by atoms with van der Waals surface area (Å²) in [5.74, 6) is -0.717. The van der Waals surface area contributed by atoms with Crippen LogP contribution in [0.2, 0.25) is 5.02 Å². The third-order valence-electron chi connectivity index (χ3n) is 13.9. The summed E-state index contributed by atoms with van der Waals surface area (Å²) in [6.07, 6.45) is 6.87. The number of aromatic nitrogens is 4. The van der Waals surface area contributed by atoms with Crippen LogP contribution in [-0.2, 0) is 18.9 Å². The molecule has 0 aliphatic carbocycles. The number of halogens is 3. The topological polar surface area (TPSA) is 139 Å². The molecule has 8 heterocycles. The number of rotatable bonds is 8. The van der Waals surface area contributed by atoms with Crippen LogP contribution < -0.4 is 30.7 Å². The summed E-state index contributed by atoms with van der Waals surface area (Å²) < 4.78 is 50.9. The Kier molecular flexibility index (Phi) is 16.4. The van der Waals surface area contributed by atoms with Crippen LogP contribution in [0.25, 0.3) is 44.3 Å². The van der Waals surface area contributed by atoms with Crippen molar-refractivity contribution in [2.75, 3.05) is 136 Å². The largest absolute Gasteiger partial charge is 0.397 e. The normalized spacial score (nSPS) is 16.0. The van der Waals surface area contributed by atoms with Crippen molar-refractivity contribution < 1.29 is 27.7 Å². The number of benzene rings is 4. The highest BCUT2D eigenvalue weighted by Gasteiger charge is 2.23. The van der Waals surface area contributed by atoms with Crippen LogP contribution in [0.3, 0.4) is 0 Å². The van der Waals surface area contributed by atoms with E-state index in [0.29, 0.717) is 40.5 Å². The Morgan fingerprint density at radius 2 is 0.973 bits per heavy atom. The second-order valence-corrected chi connectivity index (χ2v) is 19.0. The number of anilines is 7. The molecule has 12 rings (SSSR count). The van der Waals surface area contributed by atoms with Crippen molar-refractivity contribution in [3.63, 3.8) is 0 Å². The van der Waals surface area contributed by atoms with Crippen LogP contribution in [0.15, 0.2) is 122 Å². The zero-order valence-electron chi connectivity index (χ0n) is 42.3. The van der Waals surface area contributed by atoms with Gasteiger partial charge >= 0.3 is 0 Å². The molecule has 0 atom stereocenters. The first-order valence-corrected chi connectivity index (χ1v) is 25.8. The molecule has 0 spiro atoms. The summed E-state index contributed by atoms with van der Waals surface area (Å²) in [6, 6.07) is 30.4. The van der Waals surface area contributed by atoms with E-state index in [1.165, 1.54) is 17.8 Å². The lowest BCUT2D eigenvalue weighted by molar-refractivity contribution is 0.122. The fourth-order valence-electron chi connectivity index (χ4n) is 9.89. The maximum absolute atomic E-state index is 15.1. The van der Waals surface area contributed by atoms with E-state index in [2.05, 4.69) is 76.3 Å². The SMILES string of the molecule is Cc1c(-c2cccnc2)nc2c(F)cccc2c1Cl.Cc1c(-c2cccnc2)nc2c(F)cccc2c1Nc1cc(N2CCOCC2)ccc1N1CCOCC1.Nc1cc(N2CCOCC2)ccc1N1CCOCC1. The second kappa shape index (κ2) is 24.0. The Balaban J connectivity index is 0.000000142. The lowest BCUT2D eigenvalue weighted by atomic mass is 10.0. The summed E-state index contributed by atoms with van der Waals surface area (Å²) in [5.41, 5.74) is 18.9. The molecule has 388 valence electrons. The van der Waals surface area contributed by atoms with E-state index >= 15 is 4.39 Å². The number of morpholine rings is 4. The van der Waals surface area contributed by atoms with Crippen molar-refractivity contribution in [2.24, 2.45) is 0 Å². The van der Waals surface area contributed by atoms with Gasteiger partial charge < -0.3 is 49.6 Å². The predicted molar refractivity (Wildman–Crippen MR) is 297 cm³/mol. The molecule has 4 fully saturated rings. The maximum Gasteiger partial charge on any atom is 0.149 e. The lowest BCUT2D eigenvalue weighted by Crippen LogP contribution is -2.37. The quantitative estimate of drug-likeness (QED) is 0.140. The monoisotopic (exact) mass is 1030 g/mol. The predicted octanol–water partition coefficient (Wildman–Crippen LogP) is 10.5. The number of nitrogens with two attached hydrogens (primary N) is 1. The van der Waals surface area contributed by atoms with Crippen LogP contribution in [-0.4, -0.2) is 125 Å². The van der Waals surface area contributed by atoms with Crippen LogP contribution >= 0.6 is 11.6 Å². The van der Waals surface area contributed by atoms with Gasteiger partial charge in [-0.05, 0) is 97.8 Å². The van der Waals surface area contributed by atoms with Crippen molar-refractivity contribution in [1.82, 2.24) is 19.9 Å². The smallest absolute Gasteiger partial charge is 0.149 e. The Hall–Kier alpha value is -7.21. The first kappa shape index (κ1) is 51.3. The van der Waals surface area contributed by atoms with Crippen LogP contribution in [0, 0.1) is 25.5 Å². The number of nitrogen functional groups attached to an aromatic ring is 1. The van der Waals surface area contributed by atoms with E-state index in [1.807, 2.05) is 44.2 Å². The number of hydrogen-bond acceptors (Lipinski definition) is 14. The number of fused-ring (bicyclic) bond motifs is 2. The molecule has 4 aromatic heterocycles. The first-order chi connectivity index (χ1) is 36.7. The van der Waals surface area contributed by atoms with Gasteiger partial charge in [0.1, 0.15) is 22.7 Å². The zero-order chi connectivity index (χ0) is 51.7. The van der Waals surface area contributed by atoms with E-state index in [1.54, 1.807) is 43.0 Å². The molecular formula is C58H61ClF2N10O4. The Morgan fingerprint density at radius 1 is 0.520 bits per heavy atom. The average Bonchev–Trinajstić information content (AvgIpc) is 3.47. The summed E-state index contributed by atoms with van der Waals surface area (Å²) >= 11 is 6.33. The minimum atomic E-state index is -0.371. The third kappa shape index (κ3) is 11.7. The van der Waals surface area contributed by atoms with Gasteiger partial charge in [0.25, 0.3) is 0 Å². The molecule has 14 nitrogen and oxygen atoms in total. The number of ether oxygens (including phenoxy) is 4. The molecular weight excluding hydrogens is 974 g/mol. The van der Waals surface area contributed by atoms with Crippen molar-refractivity contribution in [3.8, 4) is 22.5 Å². The molecule has 0 saturated carbocycles. The van der Waals surface area contributed by atoms with E-state index in [0.717, 1.165) is 154 Å². The summed E-state index contributed by atoms with van der Waals surface area (Å²) in [5, 5.41) is 5.64. The first-order valence-electron chi connectivity index (χ1n) is 25.5. The lowest BCUT2D eigenvalue weighted by Gasteiger charge is -2.33. The van der Waals surface area contributed by atoms with Gasteiger partial charge in [-0.15, -0.1) is 0 Å². The van der Waals surface area contributed by atoms with E-state index in [9.17, 15) is 4.39 Å². The van der Waals surface area contributed by atoms with Gasteiger partial charge in [0.15, 0.2) is 0 Å². The molecule has 8 aromatic rings. The number of pyridine rings is 4. The number of para-hydroxylation sites is 2. The highest BCUT2D eigenvalue weighted by atomic mass is 35.5. The van der Waals surface area contributed by atoms with Crippen molar-refractivity contribution in [3.05, 3.63) is 150 Å². The fraction of sp³-hybridized carbons (Fsp3) is 0.310. The average molecular weight is 1040 g/mol. The molecule has 75 heavy (non-hydrogen) atoms. The highest BCUT2D eigenvalue weighted by Crippen LogP contribution is 2.40. The highest BCUT2D eigenvalue weighted by molar-refractivity contribution is 6.36. The molecule has 4 aliphatic heterocycles. The molecule has 4 aromatic carbocycles. The minimum absolute atomic E-state index is 0.289. The van der Waals surface area contributed by atoms with Gasteiger partial charge in [-0.3, -0.25) is 9.97 Å². The standard InChI is InChI=1S/C29H30FN5O2.C15H10ClFN2.C14H21N3O2/c1-20-27(21-4-3-9-31-19-21)33-29-23(5-2-6-24(29)30)28(20)32-25-18-22(34-10-14-36-15-11-34)7-8-26(25)35-12-16-37-17-13-35;1-9-13(16)11-5-2-6-12(17)15(11)19-14(9)10-4-3-7-18-8-10;15-13-11-12(16-3-7-18-8-4-16)1-2-14(13)17-5-9-19-10-6-17/h2-9,18-19H,10-17H2,1H3,(H,32,33);2-8H,1H3;1-2,11H,3-10,15H2. The number of nitrogens with zero attached hydrogens (tertiary/aromatic N) is 8. The van der Waals surface area contributed by atoms with E-state index in [4.69, 9.17) is 41.3 Å². The van der Waals surface area contributed by atoms with Gasteiger partial charge in [-0.25, -0.2) is 18.7 Å². The molecule has 4 aliphatic rings. The van der Waals surface area contributed by atoms with Crippen LogP contribution in [0.5, 0.6) is 0 Å². The fourth-order valence-corrected chi connectivity index (χ4v) is 10.1. The molecule has 0 bridgehead atoms.